The molecule has 1 nitrogen and oxygen atoms in total. The highest BCUT2D eigenvalue weighted by Gasteiger charge is 2.22. The second-order valence-electron chi connectivity index (χ2n) is 6.50. The van der Waals surface area contributed by atoms with Crippen molar-refractivity contribution in [2.24, 2.45) is 5.92 Å². The zero-order valence-electron chi connectivity index (χ0n) is 13.4. The summed E-state index contributed by atoms with van der Waals surface area (Å²) in [7, 11) is 0. The number of allylic oxidation sites excluding steroid dienone is 1. The summed E-state index contributed by atoms with van der Waals surface area (Å²) in [6.45, 7) is 3.76. The van der Waals surface area contributed by atoms with Crippen LogP contribution in [0, 0.1) is 23.1 Å². The van der Waals surface area contributed by atoms with Gasteiger partial charge in [0.2, 0.25) is 0 Å². The van der Waals surface area contributed by atoms with Crippen LogP contribution in [0.5, 0.6) is 0 Å². The van der Waals surface area contributed by atoms with E-state index in [4.69, 9.17) is 5.26 Å². The molecular weight excluding hydrogens is 273 g/mol. The minimum Gasteiger partial charge on any atom is -0.206 e. The van der Waals surface area contributed by atoms with Crippen molar-refractivity contribution in [1.82, 2.24) is 0 Å². The maximum Gasteiger partial charge on any atom is 0.141 e. The highest BCUT2D eigenvalue weighted by molar-refractivity contribution is 5.34. The van der Waals surface area contributed by atoms with Crippen molar-refractivity contribution in [3.05, 3.63) is 47.8 Å². The van der Waals surface area contributed by atoms with Crippen LogP contribution < -0.4 is 0 Å². The smallest absolute Gasteiger partial charge is 0.141 e. The summed E-state index contributed by atoms with van der Waals surface area (Å²) >= 11 is 0. The van der Waals surface area contributed by atoms with Gasteiger partial charge in [-0.3, -0.25) is 0 Å². The quantitative estimate of drug-likeness (QED) is 0.440. The second kappa shape index (κ2) is 8.73. The molecule has 118 valence electrons. The van der Waals surface area contributed by atoms with E-state index in [9.17, 15) is 4.39 Å². The molecule has 1 aromatic carbocycles. The van der Waals surface area contributed by atoms with Crippen molar-refractivity contribution < 1.29 is 4.39 Å². The Morgan fingerprint density at radius 1 is 1.18 bits per heavy atom. The Hall–Kier alpha value is -1.62. The number of unbranched alkanes of at least 4 members (excludes halogenated alkanes) is 3. The van der Waals surface area contributed by atoms with E-state index < -0.39 is 0 Å². The van der Waals surface area contributed by atoms with Crippen LogP contribution in [0.1, 0.15) is 74.8 Å². The van der Waals surface area contributed by atoms with Gasteiger partial charge in [-0.2, -0.15) is 5.26 Å². The first kappa shape index (κ1) is 16.7. The van der Waals surface area contributed by atoms with Gasteiger partial charge in [0.1, 0.15) is 11.9 Å². The first-order valence-electron chi connectivity index (χ1n) is 8.55. The molecule has 1 aromatic rings. The van der Waals surface area contributed by atoms with E-state index >= 15 is 0 Å². The molecule has 1 aliphatic carbocycles. The molecule has 1 fully saturated rings. The second-order valence-corrected chi connectivity index (χ2v) is 6.50. The van der Waals surface area contributed by atoms with Gasteiger partial charge in [0, 0.05) is 0 Å². The van der Waals surface area contributed by atoms with Crippen LogP contribution in [0.15, 0.2) is 30.9 Å². The van der Waals surface area contributed by atoms with Gasteiger partial charge in [0.25, 0.3) is 0 Å². The predicted molar refractivity (Wildman–Crippen MR) is 89.1 cm³/mol. The zero-order valence-corrected chi connectivity index (χ0v) is 13.4. The molecule has 2 rings (SSSR count). The summed E-state index contributed by atoms with van der Waals surface area (Å²) in [4.78, 5) is 0. The van der Waals surface area contributed by atoms with Gasteiger partial charge in [0.05, 0.1) is 5.56 Å². The van der Waals surface area contributed by atoms with E-state index in [1.165, 1.54) is 38.5 Å². The van der Waals surface area contributed by atoms with Crippen LogP contribution >= 0.6 is 0 Å². The average molecular weight is 299 g/mol. The van der Waals surface area contributed by atoms with Gasteiger partial charge in [-0.1, -0.05) is 31.4 Å². The Bertz CT molecular complexity index is 521. The molecule has 0 unspecified atom stereocenters. The molecular formula is C20H26FN. The monoisotopic (exact) mass is 299 g/mol. The van der Waals surface area contributed by atoms with E-state index in [0.717, 1.165) is 30.7 Å². The van der Waals surface area contributed by atoms with E-state index in [-0.39, 0.29) is 11.4 Å². The third-order valence-corrected chi connectivity index (χ3v) is 4.95. The minimum absolute atomic E-state index is 0.150. The molecule has 0 aromatic heterocycles. The molecule has 22 heavy (non-hydrogen) atoms. The number of hydrogen-bond acceptors (Lipinski definition) is 1. The molecule has 0 N–H and O–H groups in total. The lowest BCUT2D eigenvalue weighted by molar-refractivity contribution is 0.302. The summed E-state index contributed by atoms with van der Waals surface area (Å²) < 4.78 is 13.7. The van der Waals surface area contributed by atoms with Gasteiger partial charge < -0.3 is 0 Å². The van der Waals surface area contributed by atoms with Crippen LogP contribution in [0.2, 0.25) is 0 Å². The maximum atomic E-state index is 13.7. The van der Waals surface area contributed by atoms with Crippen molar-refractivity contribution in [2.45, 2.75) is 63.7 Å². The van der Waals surface area contributed by atoms with Crippen LogP contribution in [-0.4, -0.2) is 0 Å². The Balaban J connectivity index is 1.76. The molecule has 0 amide bonds. The molecule has 0 aliphatic heterocycles. The first-order valence-corrected chi connectivity index (χ1v) is 8.55. The molecule has 2 heteroatoms. The standard InChI is InChI=1S/C20H26FN/c1-2-3-4-5-6-7-16-8-10-17(11-9-16)18-12-13-19(15-22)20(21)14-18/h2,12-14,16-17H,1,3-11H2/t16-,17-. The zero-order chi connectivity index (χ0) is 15.8. The molecule has 0 saturated heterocycles. The summed E-state index contributed by atoms with van der Waals surface area (Å²) in [5, 5.41) is 8.80. The number of nitriles is 1. The third kappa shape index (κ3) is 4.70. The van der Waals surface area contributed by atoms with Gasteiger partial charge >= 0.3 is 0 Å². The molecule has 0 radical (unpaired) electrons. The van der Waals surface area contributed by atoms with Crippen molar-refractivity contribution in [2.75, 3.05) is 0 Å². The summed E-state index contributed by atoms with van der Waals surface area (Å²) in [6.07, 6.45) is 13.2. The van der Waals surface area contributed by atoms with Crippen LogP contribution in [0.3, 0.4) is 0 Å². The molecule has 0 atom stereocenters. The Kier molecular flexibility index (Phi) is 6.65. The highest BCUT2D eigenvalue weighted by Crippen LogP contribution is 2.38. The fraction of sp³-hybridized carbons (Fsp3) is 0.550. The number of benzene rings is 1. The summed E-state index contributed by atoms with van der Waals surface area (Å²) in [5.41, 5.74) is 1.22. The fourth-order valence-corrected chi connectivity index (χ4v) is 3.56. The maximum absolute atomic E-state index is 13.7. The Labute approximate surface area is 133 Å². The van der Waals surface area contributed by atoms with Gasteiger partial charge in [-0.15, -0.1) is 6.58 Å². The minimum atomic E-state index is -0.371. The van der Waals surface area contributed by atoms with E-state index in [1.54, 1.807) is 12.1 Å². The Morgan fingerprint density at radius 3 is 2.59 bits per heavy atom. The van der Waals surface area contributed by atoms with E-state index in [1.807, 2.05) is 18.2 Å². The number of rotatable bonds is 7. The molecule has 1 saturated carbocycles. The van der Waals surface area contributed by atoms with E-state index in [0.29, 0.717) is 5.92 Å². The van der Waals surface area contributed by atoms with Crippen molar-refractivity contribution in [3.63, 3.8) is 0 Å². The number of nitrogens with zero attached hydrogens (tertiary/aromatic N) is 1. The first-order chi connectivity index (χ1) is 10.7. The van der Waals surface area contributed by atoms with Crippen LogP contribution in [-0.2, 0) is 0 Å². The third-order valence-electron chi connectivity index (χ3n) is 4.95. The summed E-state index contributed by atoms with van der Waals surface area (Å²) in [5.74, 6) is 0.951. The van der Waals surface area contributed by atoms with Gasteiger partial charge in [-0.05, 0) is 68.1 Å². The average Bonchev–Trinajstić information content (AvgIpc) is 2.55. The lowest BCUT2D eigenvalue weighted by Gasteiger charge is -2.29. The summed E-state index contributed by atoms with van der Waals surface area (Å²) in [6, 6.07) is 7.01. The molecule has 0 heterocycles. The van der Waals surface area contributed by atoms with Gasteiger partial charge in [-0.25, -0.2) is 4.39 Å². The number of hydrogen-bond donors (Lipinski definition) is 0. The Morgan fingerprint density at radius 2 is 1.95 bits per heavy atom. The lowest BCUT2D eigenvalue weighted by atomic mass is 9.77. The lowest BCUT2D eigenvalue weighted by Crippen LogP contribution is -2.13. The van der Waals surface area contributed by atoms with Crippen LogP contribution in [0.4, 0.5) is 4.39 Å². The normalized spacial score (nSPS) is 21.3. The highest BCUT2D eigenvalue weighted by atomic mass is 19.1. The van der Waals surface area contributed by atoms with Gasteiger partial charge in [0.15, 0.2) is 0 Å². The topological polar surface area (TPSA) is 23.8 Å². The fourth-order valence-electron chi connectivity index (χ4n) is 3.56. The predicted octanol–water partition coefficient (Wildman–Crippen LogP) is 6.11. The van der Waals surface area contributed by atoms with Crippen molar-refractivity contribution in [3.8, 4) is 6.07 Å². The van der Waals surface area contributed by atoms with Crippen molar-refractivity contribution in [1.29, 1.82) is 5.26 Å². The van der Waals surface area contributed by atoms with Crippen molar-refractivity contribution >= 4 is 0 Å². The molecule has 0 bridgehead atoms. The SMILES string of the molecule is C=CCCCCC[C@H]1CC[C@H](c2ccc(C#N)c(F)c2)CC1. The van der Waals surface area contributed by atoms with E-state index in [2.05, 4.69) is 6.58 Å². The van der Waals surface area contributed by atoms with Crippen LogP contribution in [0.25, 0.3) is 0 Å². The largest absolute Gasteiger partial charge is 0.206 e. The molecule has 1 aliphatic rings. The molecule has 0 spiro atoms. The number of halogens is 1.